The Kier molecular flexibility index (Phi) is 5.35. The predicted octanol–water partition coefficient (Wildman–Crippen LogP) is 6.06. The first-order valence-corrected chi connectivity index (χ1v) is 12.4. The molecule has 4 aliphatic rings. The molecular formula is C28H36O3. The van der Waals surface area contributed by atoms with Crippen molar-refractivity contribution >= 4 is 11.8 Å². The number of hydrogen-bond donors (Lipinski definition) is 0. The summed E-state index contributed by atoms with van der Waals surface area (Å²) in [6, 6.07) is 10.2. The van der Waals surface area contributed by atoms with Crippen LogP contribution < -0.4 is 0 Å². The van der Waals surface area contributed by atoms with Crippen LogP contribution >= 0.6 is 0 Å². The van der Waals surface area contributed by atoms with Crippen molar-refractivity contribution in [2.75, 3.05) is 0 Å². The molecule has 31 heavy (non-hydrogen) atoms. The maximum Gasteiger partial charge on any atom is 0.306 e. The molecule has 1 aromatic carbocycles. The number of carbonyl (C=O) groups excluding carboxylic acids is 2. The van der Waals surface area contributed by atoms with Gasteiger partial charge in [0.15, 0.2) is 5.78 Å². The Hall–Kier alpha value is -1.90. The lowest BCUT2D eigenvalue weighted by Crippen LogP contribution is -2.51. The molecule has 5 rings (SSSR count). The average Bonchev–Trinajstić information content (AvgIpc) is 3.10. The number of aryl methyl sites for hydroxylation is 1. The molecule has 3 nitrogen and oxygen atoms in total. The summed E-state index contributed by atoms with van der Waals surface area (Å²) in [5.41, 5.74) is 2.95. The Morgan fingerprint density at radius 1 is 1.00 bits per heavy atom. The van der Waals surface area contributed by atoms with Crippen molar-refractivity contribution in [1.29, 1.82) is 0 Å². The van der Waals surface area contributed by atoms with Gasteiger partial charge in [0, 0.05) is 18.3 Å². The first-order valence-electron chi connectivity index (χ1n) is 12.4. The minimum Gasteiger partial charge on any atom is -0.462 e. The molecule has 0 aliphatic heterocycles. The molecule has 0 saturated heterocycles. The van der Waals surface area contributed by atoms with Crippen LogP contribution in [0.4, 0.5) is 0 Å². The Morgan fingerprint density at radius 2 is 1.81 bits per heavy atom. The lowest BCUT2D eigenvalue weighted by atomic mass is 9.47. The molecule has 166 valence electrons. The van der Waals surface area contributed by atoms with Gasteiger partial charge in [-0.25, -0.2) is 0 Å². The van der Waals surface area contributed by atoms with Crippen molar-refractivity contribution in [3.8, 4) is 0 Å². The van der Waals surface area contributed by atoms with Crippen LogP contribution in [-0.4, -0.2) is 17.9 Å². The number of rotatable bonds is 4. The quantitative estimate of drug-likeness (QED) is 0.556. The standard InChI is InChI=1S/C28H36O3/c1-27-16-14-21(29)18-20(27)9-10-22-23-11-12-25(28(23,2)17-15-24(22)27)31-26(30)13-8-19-6-4-3-5-7-19/h3-7,18,22-25H,8-17H2,1-2H3/t22-,23+,24+,25+,27-,28-/m0/s1. The van der Waals surface area contributed by atoms with E-state index in [4.69, 9.17) is 4.74 Å². The van der Waals surface area contributed by atoms with Crippen molar-refractivity contribution in [3.63, 3.8) is 0 Å². The van der Waals surface area contributed by atoms with Crippen LogP contribution in [0.3, 0.4) is 0 Å². The van der Waals surface area contributed by atoms with Crippen LogP contribution in [-0.2, 0) is 20.7 Å². The van der Waals surface area contributed by atoms with Gasteiger partial charge in [-0.1, -0.05) is 49.8 Å². The van der Waals surface area contributed by atoms with Gasteiger partial charge in [-0.05, 0) is 86.2 Å². The van der Waals surface area contributed by atoms with E-state index in [-0.39, 0.29) is 22.9 Å². The zero-order valence-corrected chi connectivity index (χ0v) is 19.1. The zero-order valence-electron chi connectivity index (χ0n) is 19.1. The summed E-state index contributed by atoms with van der Waals surface area (Å²) in [5.74, 6) is 2.34. The smallest absolute Gasteiger partial charge is 0.306 e. The second kappa shape index (κ2) is 7.90. The van der Waals surface area contributed by atoms with Crippen LogP contribution in [0.5, 0.6) is 0 Å². The van der Waals surface area contributed by atoms with Crippen molar-refractivity contribution in [3.05, 3.63) is 47.5 Å². The van der Waals surface area contributed by atoms with Crippen molar-refractivity contribution in [2.45, 2.75) is 84.2 Å². The van der Waals surface area contributed by atoms with E-state index in [9.17, 15) is 9.59 Å². The van der Waals surface area contributed by atoms with E-state index in [0.29, 0.717) is 36.4 Å². The van der Waals surface area contributed by atoms with E-state index >= 15 is 0 Å². The Bertz CT molecular complexity index is 887. The maximum atomic E-state index is 12.7. The number of allylic oxidation sites excluding steroid dienone is 1. The number of hydrogen-bond acceptors (Lipinski definition) is 3. The van der Waals surface area contributed by atoms with Crippen LogP contribution in [0.1, 0.15) is 77.2 Å². The third-order valence-electron chi connectivity index (χ3n) is 9.61. The lowest BCUT2D eigenvalue weighted by molar-refractivity contribution is -0.159. The average molecular weight is 421 g/mol. The lowest BCUT2D eigenvalue weighted by Gasteiger charge is -2.57. The molecule has 0 spiro atoms. The summed E-state index contributed by atoms with van der Waals surface area (Å²) < 4.78 is 6.14. The number of ether oxygens (including phenoxy) is 1. The van der Waals surface area contributed by atoms with Crippen molar-refractivity contribution < 1.29 is 14.3 Å². The number of benzene rings is 1. The van der Waals surface area contributed by atoms with Crippen LogP contribution in [0.2, 0.25) is 0 Å². The van der Waals surface area contributed by atoms with Gasteiger partial charge in [0.2, 0.25) is 0 Å². The fraction of sp³-hybridized carbons (Fsp3) is 0.643. The number of ketones is 1. The molecule has 3 fully saturated rings. The molecule has 3 heteroatoms. The van der Waals surface area contributed by atoms with Crippen LogP contribution in [0, 0.1) is 28.6 Å². The summed E-state index contributed by atoms with van der Waals surface area (Å²) in [6.07, 6.45) is 11.8. The normalized spacial score (nSPS) is 39.2. The summed E-state index contributed by atoms with van der Waals surface area (Å²) in [6.45, 7) is 4.83. The Morgan fingerprint density at radius 3 is 2.61 bits per heavy atom. The number of esters is 1. The number of fused-ring (bicyclic) bond motifs is 5. The van der Waals surface area contributed by atoms with Crippen molar-refractivity contribution in [1.82, 2.24) is 0 Å². The SMILES string of the molecule is C[C@]12CC[C@@H]3[C@@H](CCC4=CC(=O)CC[C@@]43C)[C@H]1CC[C@H]2OC(=O)CCc1ccccc1. The molecule has 0 radical (unpaired) electrons. The molecule has 0 aromatic heterocycles. The molecule has 0 bridgehead atoms. The second-order valence-electron chi connectivity index (χ2n) is 11.1. The topological polar surface area (TPSA) is 43.4 Å². The summed E-state index contributed by atoms with van der Waals surface area (Å²) in [7, 11) is 0. The third kappa shape index (κ3) is 3.58. The fourth-order valence-corrected chi connectivity index (χ4v) is 7.81. The summed E-state index contributed by atoms with van der Waals surface area (Å²) in [4.78, 5) is 24.7. The fourth-order valence-electron chi connectivity index (χ4n) is 7.81. The first-order chi connectivity index (χ1) is 14.9. The number of carbonyl (C=O) groups is 2. The van der Waals surface area contributed by atoms with Gasteiger partial charge in [-0.15, -0.1) is 0 Å². The van der Waals surface area contributed by atoms with E-state index < -0.39 is 0 Å². The molecule has 0 unspecified atom stereocenters. The largest absolute Gasteiger partial charge is 0.462 e. The molecule has 4 aliphatic carbocycles. The Labute approximate surface area is 186 Å². The minimum atomic E-state index is -0.0375. The van der Waals surface area contributed by atoms with E-state index in [1.807, 2.05) is 24.3 Å². The van der Waals surface area contributed by atoms with E-state index in [2.05, 4.69) is 26.0 Å². The van der Waals surface area contributed by atoms with Gasteiger partial charge < -0.3 is 4.74 Å². The van der Waals surface area contributed by atoms with Crippen LogP contribution in [0.15, 0.2) is 42.0 Å². The molecular weight excluding hydrogens is 384 g/mol. The highest BCUT2D eigenvalue weighted by atomic mass is 16.5. The monoisotopic (exact) mass is 420 g/mol. The summed E-state index contributed by atoms with van der Waals surface area (Å²) >= 11 is 0. The second-order valence-corrected chi connectivity index (χ2v) is 11.1. The van der Waals surface area contributed by atoms with Gasteiger partial charge in [-0.2, -0.15) is 0 Å². The van der Waals surface area contributed by atoms with Gasteiger partial charge in [0.25, 0.3) is 0 Å². The summed E-state index contributed by atoms with van der Waals surface area (Å²) in [5, 5.41) is 0. The molecule has 0 amide bonds. The molecule has 1 aromatic rings. The van der Waals surface area contributed by atoms with Gasteiger partial charge in [-0.3, -0.25) is 9.59 Å². The van der Waals surface area contributed by atoms with Crippen LogP contribution in [0.25, 0.3) is 0 Å². The minimum absolute atomic E-state index is 0.0375. The highest BCUT2D eigenvalue weighted by Crippen LogP contribution is 2.65. The Balaban J connectivity index is 1.26. The van der Waals surface area contributed by atoms with Crippen molar-refractivity contribution in [2.24, 2.45) is 28.6 Å². The van der Waals surface area contributed by atoms with E-state index in [1.165, 1.54) is 30.4 Å². The third-order valence-corrected chi connectivity index (χ3v) is 9.61. The zero-order chi connectivity index (χ0) is 21.6. The molecule has 0 heterocycles. The maximum absolute atomic E-state index is 12.7. The molecule has 6 atom stereocenters. The van der Waals surface area contributed by atoms with E-state index in [0.717, 1.165) is 32.1 Å². The highest BCUT2D eigenvalue weighted by molar-refractivity contribution is 5.91. The molecule has 3 saturated carbocycles. The predicted molar refractivity (Wildman–Crippen MR) is 121 cm³/mol. The van der Waals surface area contributed by atoms with Gasteiger partial charge >= 0.3 is 5.97 Å². The highest BCUT2D eigenvalue weighted by Gasteiger charge is 2.59. The first kappa shape index (κ1) is 21.0. The van der Waals surface area contributed by atoms with Gasteiger partial charge in [0.1, 0.15) is 6.10 Å². The van der Waals surface area contributed by atoms with E-state index in [1.54, 1.807) is 0 Å². The van der Waals surface area contributed by atoms with Gasteiger partial charge in [0.05, 0.1) is 0 Å². The molecule has 0 N–H and O–H groups in total.